The number of carbonyl (C=O) groups excluding carboxylic acids is 1. The number of hydrogen-bond acceptors (Lipinski definition) is 5. The standard InChI is InChI=1S/C13H16ClN3O4/c14-10-5-7(6-11(12(10)15)17(20)21)13(19)16-8-1-3-9(18)4-2-8/h5-6,8-9,18H,1-4,15H2,(H,16,19). The lowest BCUT2D eigenvalue weighted by Gasteiger charge is -2.26. The van der Waals surface area contributed by atoms with E-state index in [1.54, 1.807) is 0 Å². The van der Waals surface area contributed by atoms with Gasteiger partial charge in [0.2, 0.25) is 0 Å². The van der Waals surface area contributed by atoms with Gasteiger partial charge in [-0.05, 0) is 31.7 Å². The van der Waals surface area contributed by atoms with E-state index in [1.807, 2.05) is 0 Å². The quantitative estimate of drug-likeness (QED) is 0.447. The maximum absolute atomic E-state index is 12.1. The van der Waals surface area contributed by atoms with E-state index in [4.69, 9.17) is 17.3 Å². The Bertz CT molecular complexity index is 571. The van der Waals surface area contributed by atoms with Crippen LogP contribution in [0.25, 0.3) is 0 Å². The van der Waals surface area contributed by atoms with E-state index in [0.29, 0.717) is 25.7 Å². The monoisotopic (exact) mass is 313 g/mol. The van der Waals surface area contributed by atoms with Crippen LogP contribution in [0.3, 0.4) is 0 Å². The average Bonchev–Trinajstić information content (AvgIpc) is 2.43. The molecule has 0 aromatic heterocycles. The van der Waals surface area contributed by atoms with Gasteiger partial charge in [0.05, 0.1) is 16.0 Å². The number of nitro benzene ring substituents is 1. The summed E-state index contributed by atoms with van der Waals surface area (Å²) in [4.78, 5) is 22.3. The third kappa shape index (κ3) is 3.62. The van der Waals surface area contributed by atoms with Crippen molar-refractivity contribution in [1.82, 2.24) is 5.32 Å². The number of rotatable bonds is 3. The van der Waals surface area contributed by atoms with Crippen LogP contribution in [0.2, 0.25) is 5.02 Å². The van der Waals surface area contributed by atoms with E-state index < -0.39 is 10.8 Å². The van der Waals surface area contributed by atoms with Gasteiger partial charge >= 0.3 is 0 Å². The van der Waals surface area contributed by atoms with Crippen LogP contribution in [0.15, 0.2) is 12.1 Å². The van der Waals surface area contributed by atoms with Crippen LogP contribution in [-0.4, -0.2) is 28.1 Å². The Labute approximate surface area is 126 Å². The molecule has 0 radical (unpaired) electrons. The molecule has 1 aliphatic rings. The van der Waals surface area contributed by atoms with Gasteiger partial charge in [-0.2, -0.15) is 0 Å². The fourth-order valence-electron chi connectivity index (χ4n) is 2.37. The molecule has 8 heteroatoms. The number of halogens is 1. The number of aliphatic hydroxyl groups is 1. The number of amides is 1. The zero-order valence-corrected chi connectivity index (χ0v) is 12.0. The van der Waals surface area contributed by atoms with E-state index in [9.17, 15) is 20.0 Å². The summed E-state index contributed by atoms with van der Waals surface area (Å²) in [6.07, 6.45) is 2.31. The first-order valence-electron chi connectivity index (χ1n) is 6.61. The topological polar surface area (TPSA) is 118 Å². The van der Waals surface area contributed by atoms with Gasteiger partial charge < -0.3 is 16.2 Å². The van der Waals surface area contributed by atoms with Crippen LogP contribution in [0.1, 0.15) is 36.0 Å². The second kappa shape index (κ2) is 6.28. The molecule has 1 aliphatic carbocycles. The summed E-state index contributed by atoms with van der Waals surface area (Å²) in [6, 6.07) is 2.39. The summed E-state index contributed by atoms with van der Waals surface area (Å²) in [5.41, 5.74) is 5.09. The summed E-state index contributed by atoms with van der Waals surface area (Å²) < 4.78 is 0. The fourth-order valence-corrected chi connectivity index (χ4v) is 2.59. The number of benzene rings is 1. The minimum Gasteiger partial charge on any atom is -0.393 e. The van der Waals surface area contributed by atoms with Crippen LogP contribution in [0.5, 0.6) is 0 Å². The van der Waals surface area contributed by atoms with Gasteiger partial charge in [0.25, 0.3) is 11.6 Å². The summed E-state index contributed by atoms with van der Waals surface area (Å²) in [7, 11) is 0. The van der Waals surface area contributed by atoms with E-state index in [0.717, 1.165) is 6.07 Å². The van der Waals surface area contributed by atoms with Gasteiger partial charge in [0.15, 0.2) is 0 Å². The summed E-state index contributed by atoms with van der Waals surface area (Å²) >= 11 is 5.83. The van der Waals surface area contributed by atoms with E-state index in [-0.39, 0.29) is 34.1 Å². The lowest BCUT2D eigenvalue weighted by Crippen LogP contribution is -2.38. The highest BCUT2D eigenvalue weighted by Crippen LogP contribution is 2.31. The second-order valence-corrected chi connectivity index (χ2v) is 5.53. The van der Waals surface area contributed by atoms with Crippen molar-refractivity contribution < 1.29 is 14.8 Å². The molecule has 0 atom stereocenters. The predicted octanol–water partition coefficient (Wildman–Crippen LogP) is 1.86. The first-order valence-corrected chi connectivity index (χ1v) is 6.98. The number of carbonyl (C=O) groups is 1. The van der Waals surface area contributed by atoms with Crippen LogP contribution in [0, 0.1) is 10.1 Å². The molecule has 0 aliphatic heterocycles. The molecule has 1 aromatic rings. The van der Waals surface area contributed by atoms with Crippen LogP contribution in [0.4, 0.5) is 11.4 Å². The Morgan fingerprint density at radius 2 is 2.00 bits per heavy atom. The van der Waals surface area contributed by atoms with Crippen molar-refractivity contribution >= 4 is 28.9 Å². The zero-order chi connectivity index (χ0) is 15.6. The molecule has 0 bridgehead atoms. The highest BCUT2D eigenvalue weighted by atomic mass is 35.5. The van der Waals surface area contributed by atoms with Crippen molar-refractivity contribution in [2.24, 2.45) is 0 Å². The van der Waals surface area contributed by atoms with Gasteiger partial charge in [-0.25, -0.2) is 0 Å². The molecule has 0 saturated heterocycles. The number of hydrogen-bond donors (Lipinski definition) is 3. The van der Waals surface area contributed by atoms with Crippen LogP contribution < -0.4 is 11.1 Å². The van der Waals surface area contributed by atoms with Crippen molar-refractivity contribution in [3.05, 3.63) is 32.8 Å². The molecule has 1 fully saturated rings. The van der Waals surface area contributed by atoms with Crippen LogP contribution in [-0.2, 0) is 0 Å². The maximum Gasteiger partial charge on any atom is 0.294 e. The highest BCUT2D eigenvalue weighted by molar-refractivity contribution is 6.34. The maximum atomic E-state index is 12.1. The van der Waals surface area contributed by atoms with Gasteiger partial charge in [-0.3, -0.25) is 14.9 Å². The number of nitrogens with one attached hydrogen (secondary N) is 1. The van der Waals surface area contributed by atoms with Gasteiger partial charge in [0.1, 0.15) is 5.69 Å². The van der Waals surface area contributed by atoms with Gasteiger partial charge in [0, 0.05) is 17.7 Å². The van der Waals surface area contributed by atoms with E-state index in [2.05, 4.69) is 5.32 Å². The van der Waals surface area contributed by atoms with Crippen molar-refractivity contribution in [3.8, 4) is 0 Å². The molecule has 2 rings (SSSR count). The molecular formula is C13H16ClN3O4. The molecule has 21 heavy (non-hydrogen) atoms. The molecule has 0 spiro atoms. The third-order valence-corrected chi connectivity index (χ3v) is 3.91. The number of nitrogens with zero attached hydrogens (tertiary/aromatic N) is 1. The number of anilines is 1. The minimum absolute atomic E-state index is 0.0200. The third-order valence-electron chi connectivity index (χ3n) is 3.60. The first-order chi connectivity index (χ1) is 9.88. The minimum atomic E-state index is -0.672. The average molecular weight is 314 g/mol. The fraction of sp³-hybridized carbons (Fsp3) is 0.462. The number of nitrogens with two attached hydrogens (primary N) is 1. The molecule has 4 N–H and O–H groups in total. The van der Waals surface area contributed by atoms with Gasteiger partial charge in [-0.1, -0.05) is 11.6 Å². The lowest BCUT2D eigenvalue weighted by molar-refractivity contribution is -0.383. The van der Waals surface area contributed by atoms with E-state index in [1.165, 1.54) is 6.07 Å². The molecule has 7 nitrogen and oxygen atoms in total. The Hall–Kier alpha value is -1.86. The van der Waals surface area contributed by atoms with Crippen molar-refractivity contribution in [2.45, 2.75) is 37.8 Å². The Morgan fingerprint density at radius 1 is 1.38 bits per heavy atom. The summed E-state index contributed by atoms with van der Waals surface area (Å²) in [5, 5.41) is 23.1. The predicted molar refractivity (Wildman–Crippen MR) is 78.2 cm³/mol. The zero-order valence-electron chi connectivity index (χ0n) is 11.2. The van der Waals surface area contributed by atoms with Gasteiger partial charge in [-0.15, -0.1) is 0 Å². The largest absolute Gasteiger partial charge is 0.393 e. The molecule has 1 saturated carbocycles. The highest BCUT2D eigenvalue weighted by Gasteiger charge is 2.23. The Balaban J connectivity index is 2.14. The second-order valence-electron chi connectivity index (χ2n) is 5.13. The summed E-state index contributed by atoms with van der Waals surface area (Å²) in [6.45, 7) is 0. The molecule has 1 amide bonds. The Morgan fingerprint density at radius 3 is 2.57 bits per heavy atom. The number of nitro groups is 1. The normalized spacial score (nSPS) is 21.8. The van der Waals surface area contributed by atoms with Crippen LogP contribution >= 0.6 is 11.6 Å². The van der Waals surface area contributed by atoms with Crippen molar-refractivity contribution in [1.29, 1.82) is 0 Å². The SMILES string of the molecule is Nc1c(Cl)cc(C(=O)NC2CCC(O)CC2)cc1[N+](=O)[O-]. The summed E-state index contributed by atoms with van der Waals surface area (Å²) in [5.74, 6) is -0.429. The van der Waals surface area contributed by atoms with Crippen molar-refractivity contribution in [3.63, 3.8) is 0 Å². The Kier molecular flexibility index (Phi) is 4.64. The molecule has 0 heterocycles. The lowest BCUT2D eigenvalue weighted by atomic mass is 9.93. The number of aliphatic hydroxyl groups excluding tert-OH is 1. The molecule has 114 valence electrons. The first kappa shape index (κ1) is 15.5. The number of nitrogen functional groups attached to an aromatic ring is 1. The molecule has 0 unspecified atom stereocenters. The van der Waals surface area contributed by atoms with E-state index >= 15 is 0 Å². The molecular weight excluding hydrogens is 298 g/mol. The van der Waals surface area contributed by atoms with Crippen molar-refractivity contribution in [2.75, 3.05) is 5.73 Å². The smallest absolute Gasteiger partial charge is 0.294 e. The molecule has 1 aromatic carbocycles.